The number of nitrogens with zero attached hydrogens (tertiary/aromatic N) is 1. The van der Waals surface area contributed by atoms with Gasteiger partial charge in [0.25, 0.3) is 0 Å². The van der Waals surface area contributed by atoms with Gasteiger partial charge in [0.1, 0.15) is 0 Å². The number of imide groups is 1. The maximum atomic E-state index is 10.6. The largest absolute Gasteiger partial charge is 0.334 e. The van der Waals surface area contributed by atoms with Crippen molar-refractivity contribution in [1.29, 1.82) is 0 Å². The van der Waals surface area contributed by atoms with Crippen LogP contribution in [0.5, 0.6) is 0 Å². The van der Waals surface area contributed by atoms with Gasteiger partial charge in [-0.05, 0) is 0 Å². The van der Waals surface area contributed by atoms with Crippen molar-refractivity contribution in [3.63, 3.8) is 0 Å². The van der Waals surface area contributed by atoms with Gasteiger partial charge in [-0.15, -0.1) is 6.58 Å². The van der Waals surface area contributed by atoms with Gasteiger partial charge in [0.05, 0.1) is 0 Å². The number of amides is 3. The van der Waals surface area contributed by atoms with Crippen molar-refractivity contribution in [2.45, 2.75) is 0 Å². The minimum Gasteiger partial charge on any atom is -0.334 e. The van der Waals surface area contributed by atoms with Crippen molar-refractivity contribution < 1.29 is 9.59 Å². The molecular formula is C6H9N2O2. The summed E-state index contributed by atoms with van der Waals surface area (Å²) in [4.78, 5) is 21.3. The van der Waals surface area contributed by atoms with E-state index >= 15 is 0 Å². The highest BCUT2D eigenvalue weighted by Crippen LogP contribution is 1.76. The number of carbonyl (C=O) groups excluding carboxylic acids is 2. The van der Waals surface area contributed by atoms with Crippen LogP contribution in [0.3, 0.4) is 0 Å². The third-order valence-electron chi connectivity index (χ3n) is 0.839. The van der Waals surface area contributed by atoms with Crippen LogP contribution in [0.2, 0.25) is 0 Å². The summed E-state index contributed by atoms with van der Waals surface area (Å²) in [5.41, 5.74) is 0. The maximum absolute atomic E-state index is 10.6. The van der Waals surface area contributed by atoms with Crippen molar-refractivity contribution >= 4 is 12.4 Å². The first kappa shape index (κ1) is 8.68. The number of carbonyl (C=O) groups is 1. The second kappa shape index (κ2) is 4.55. The molecule has 0 atom stereocenters. The van der Waals surface area contributed by atoms with Crippen molar-refractivity contribution in [3.8, 4) is 0 Å². The van der Waals surface area contributed by atoms with E-state index in [-0.39, 0.29) is 0 Å². The van der Waals surface area contributed by atoms with Crippen molar-refractivity contribution in [3.05, 3.63) is 12.7 Å². The Hall–Kier alpha value is -1.32. The summed E-state index contributed by atoms with van der Waals surface area (Å²) in [7, 11) is 1.32. The van der Waals surface area contributed by atoms with Crippen LogP contribution < -0.4 is 5.32 Å². The number of urea groups is 1. The average molecular weight is 141 g/mol. The van der Waals surface area contributed by atoms with Crippen LogP contribution in [0.25, 0.3) is 0 Å². The van der Waals surface area contributed by atoms with E-state index < -0.39 is 6.03 Å². The SMILES string of the molecule is C=CCNC(=O)N(C)[C]=O. The molecule has 0 aromatic heterocycles. The second-order valence-electron chi connectivity index (χ2n) is 1.63. The predicted molar refractivity (Wildman–Crippen MR) is 37.1 cm³/mol. The molecule has 0 saturated carbocycles. The molecule has 0 aromatic rings. The zero-order chi connectivity index (χ0) is 7.98. The first-order chi connectivity index (χ1) is 4.72. The summed E-state index contributed by atoms with van der Waals surface area (Å²) in [5, 5.41) is 2.39. The summed E-state index contributed by atoms with van der Waals surface area (Å²) in [6, 6.07) is -0.477. The Kier molecular flexibility index (Phi) is 3.95. The molecule has 4 nitrogen and oxygen atoms in total. The molecule has 0 saturated heterocycles. The van der Waals surface area contributed by atoms with Gasteiger partial charge in [0, 0.05) is 13.6 Å². The molecule has 4 heteroatoms. The molecule has 0 heterocycles. The molecule has 1 N–H and O–H groups in total. The number of hydrogen-bond donors (Lipinski definition) is 1. The Morgan fingerprint density at radius 3 is 2.90 bits per heavy atom. The van der Waals surface area contributed by atoms with Gasteiger partial charge in [-0.25, -0.2) is 4.79 Å². The standard InChI is InChI=1S/C6H9N2O2/c1-3-4-7-6(10)8(2)5-9/h3H,1,4H2,2H3,(H,7,10). The fourth-order valence-electron chi connectivity index (χ4n) is 0.320. The molecule has 0 aliphatic rings. The van der Waals surface area contributed by atoms with Crippen molar-refractivity contribution in [2.75, 3.05) is 13.6 Å². The van der Waals surface area contributed by atoms with E-state index in [4.69, 9.17) is 0 Å². The van der Waals surface area contributed by atoms with E-state index in [9.17, 15) is 9.59 Å². The minimum absolute atomic E-state index is 0.352. The summed E-state index contributed by atoms with van der Waals surface area (Å²) < 4.78 is 0. The summed E-state index contributed by atoms with van der Waals surface area (Å²) in [6.07, 6.45) is 2.93. The van der Waals surface area contributed by atoms with E-state index in [1.54, 1.807) is 0 Å². The molecule has 0 unspecified atom stereocenters. The highest BCUT2D eigenvalue weighted by atomic mass is 16.2. The maximum Gasteiger partial charge on any atom is 0.324 e. The average Bonchev–Trinajstić information content (AvgIpc) is 1.98. The summed E-state index contributed by atoms with van der Waals surface area (Å²) in [5.74, 6) is 0. The van der Waals surface area contributed by atoms with Crippen LogP contribution in [0, 0.1) is 0 Å². The van der Waals surface area contributed by atoms with Crippen molar-refractivity contribution in [2.24, 2.45) is 0 Å². The molecule has 10 heavy (non-hydrogen) atoms. The number of rotatable bonds is 3. The smallest absolute Gasteiger partial charge is 0.324 e. The molecule has 1 radical (unpaired) electrons. The van der Waals surface area contributed by atoms with Crippen LogP contribution in [0.1, 0.15) is 0 Å². The molecular weight excluding hydrogens is 132 g/mol. The third kappa shape index (κ3) is 2.86. The van der Waals surface area contributed by atoms with Gasteiger partial charge < -0.3 is 5.32 Å². The second-order valence-corrected chi connectivity index (χ2v) is 1.63. The first-order valence-electron chi connectivity index (χ1n) is 2.72. The zero-order valence-electron chi connectivity index (χ0n) is 5.76. The topological polar surface area (TPSA) is 49.4 Å². The highest BCUT2D eigenvalue weighted by molar-refractivity contribution is 5.84. The summed E-state index contributed by atoms with van der Waals surface area (Å²) >= 11 is 0. The molecule has 0 spiro atoms. The molecule has 0 fully saturated rings. The van der Waals surface area contributed by atoms with Crippen LogP contribution in [-0.4, -0.2) is 30.9 Å². The zero-order valence-corrected chi connectivity index (χ0v) is 5.76. The molecule has 0 aliphatic carbocycles. The van der Waals surface area contributed by atoms with Crippen LogP contribution >= 0.6 is 0 Å². The predicted octanol–water partition coefficient (Wildman–Crippen LogP) is -0.119. The van der Waals surface area contributed by atoms with Gasteiger partial charge in [0.2, 0.25) is 0 Å². The van der Waals surface area contributed by atoms with E-state index in [0.29, 0.717) is 6.54 Å². The fourth-order valence-corrected chi connectivity index (χ4v) is 0.320. The lowest BCUT2D eigenvalue weighted by molar-refractivity contribution is 0.226. The van der Waals surface area contributed by atoms with Crippen LogP contribution in [0.15, 0.2) is 12.7 Å². The molecule has 3 amide bonds. The lowest BCUT2D eigenvalue weighted by atomic mass is 10.6. The lowest BCUT2D eigenvalue weighted by Gasteiger charge is -2.06. The Labute approximate surface area is 59.5 Å². The van der Waals surface area contributed by atoms with Crippen molar-refractivity contribution in [1.82, 2.24) is 10.2 Å². The Morgan fingerprint density at radius 1 is 1.90 bits per heavy atom. The normalized spacial score (nSPS) is 8.10. The number of nitrogens with one attached hydrogen (secondary N) is 1. The fraction of sp³-hybridized carbons (Fsp3) is 0.333. The first-order valence-corrected chi connectivity index (χ1v) is 2.72. The molecule has 0 aromatic carbocycles. The molecule has 0 rings (SSSR count). The van der Waals surface area contributed by atoms with Crippen LogP contribution in [0.4, 0.5) is 4.79 Å². The Morgan fingerprint density at radius 2 is 2.50 bits per heavy atom. The van der Waals surface area contributed by atoms with E-state index in [1.165, 1.54) is 19.5 Å². The minimum atomic E-state index is -0.477. The molecule has 0 bridgehead atoms. The van der Waals surface area contributed by atoms with E-state index in [0.717, 1.165) is 4.90 Å². The molecule has 55 valence electrons. The quantitative estimate of drug-likeness (QED) is 0.440. The van der Waals surface area contributed by atoms with Gasteiger partial charge in [-0.3, -0.25) is 9.69 Å². The highest BCUT2D eigenvalue weighted by Gasteiger charge is 2.03. The van der Waals surface area contributed by atoms with E-state index in [2.05, 4.69) is 11.9 Å². The van der Waals surface area contributed by atoms with Gasteiger partial charge >= 0.3 is 12.4 Å². The number of hydrogen-bond acceptors (Lipinski definition) is 2. The molecule has 0 aliphatic heterocycles. The Bertz CT molecular complexity index is 145. The van der Waals surface area contributed by atoms with Gasteiger partial charge in [0.15, 0.2) is 0 Å². The summed E-state index contributed by atoms with van der Waals surface area (Å²) in [6.45, 7) is 3.74. The lowest BCUT2D eigenvalue weighted by Crippen LogP contribution is -2.36. The van der Waals surface area contributed by atoms with Gasteiger partial charge in [-0.1, -0.05) is 6.08 Å². The third-order valence-corrected chi connectivity index (χ3v) is 0.839. The van der Waals surface area contributed by atoms with E-state index in [1.807, 2.05) is 0 Å². The monoisotopic (exact) mass is 141 g/mol. The van der Waals surface area contributed by atoms with Crippen LogP contribution in [-0.2, 0) is 4.79 Å². The Balaban J connectivity index is 3.61. The van der Waals surface area contributed by atoms with Gasteiger partial charge in [-0.2, -0.15) is 0 Å².